The van der Waals surface area contributed by atoms with E-state index in [-0.39, 0.29) is 18.5 Å². The van der Waals surface area contributed by atoms with Crippen molar-refractivity contribution in [1.82, 2.24) is 5.32 Å². The van der Waals surface area contributed by atoms with Crippen molar-refractivity contribution < 1.29 is 24.5 Å². The first-order valence-corrected chi connectivity index (χ1v) is 28.3. The van der Waals surface area contributed by atoms with E-state index in [1.54, 1.807) is 6.08 Å². The third kappa shape index (κ3) is 49.5. The number of aliphatic hydroxyl groups excluding tert-OH is 2. The Hall–Kier alpha value is -1.92. The lowest BCUT2D eigenvalue weighted by Crippen LogP contribution is -2.45. The van der Waals surface area contributed by atoms with Gasteiger partial charge in [0.05, 0.1) is 25.4 Å². The molecule has 0 aliphatic carbocycles. The highest BCUT2D eigenvalue weighted by Gasteiger charge is 2.18. The first-order chi connectivity index (χ1) is 31.5. The first kappa shape index (κ1) is 62.1. The summed E-state index contributed by atoms with van der Waals surface area (Å²) in [5.41, 5.74) is 0. The van der Waals surface area contributed by atoms with Crippen LogP contribution in [-0.4, -0.2) is 47.4 Å². The molecule has 2 unspecified atom stereocenters. The zero-order valence-electron chi connectivity index (χ0n) is 42.8. The standard InChI is InChI=1S/C58H109NO5/c1-3-5-7-9-11-13-15-17-18-19-20-21-23-27-30-34-38-42-46-50-56(61)55(54-60)59-57(62)51-47-43-39-35-31-28-24-22-25-29-33-37-41-45-49-53-64-58(63)52-48-44-40-36-32-26-16-14-12-10-8-6-4-2/h14,16,25,29,46,50,55-56,60-61H,3-13,15,17-24,26-28,30-45,47-49,51-54H2,1-2H3,(H,59,62)/b16-14-,29-25-,50-46+. The Kier molecular flexibility index (Phi) is 52.1. The minimum atomic E-state index is -0.855. The van der Waals surface area contributed by atoms with E-state index in [9.17, 15) is 19.8 Å². The molecule has 0 fully saturated rings. The molecule has 2 atom stereocenters. The lowest BCUT2D eigenvalue weighted by atomic mass is 10.0. The molecule has 0 spiro atoms. The van der Waals surface area contributed by atoms with Crippen LogP contribution in [0.2, 0.25) is 0 Å². The number of carbonyl (C=O) groups excluding carboxylic acids is 2. The minimum Gasteiger partial charge on any atom is -0.466 e. The van der Waals surface area contributed by atoms with Crippen molar-refractivity contribution in [2.24, 2.45) is 0 Å². The Labute approximate surface area is 398 Å². The van der Waals surface area contributed by atoms with Gasteiger partial charge in [-0.3, -0.25) is 9.59 Å². The molecule has 1 amide bonds. The van der Waals surface area contributed by atoms with E-state index in [1.807, 2.05) is 6.08 Å². The number of nitrogens with one attached hydrogen (secondary N) is 1. The molecule has 0 rings (SSSR count). The first-order valence-electron chi connectivity index (χ1n) is 28.3. The lowest BCUT2D eigenvalue weighted by Gasteiger charge is -2.20. The largest absolute Gasteiger partial charge is 0.466 e. The number of hydrogen-bond donors (Lipinski definition) is 3. The smallest absolute Gasteiger partial charge is 0.305 e. The van der Waals surface area contributed by atoms with Gasteiger partial charge in [0.1, 0.15) is 0 Å². The lowest BCUT2D eigenvalue weighted by molar-refractivity contribution is -0.143. The van der Waals surface area contributed by atoms with Gasteiger partial charge >= 0.3 is 5.97 Å². The van der Waals surface area contributed by atoms with Crippen molar-refractivity contribution in [2.45, 2.75) is 309 Å². The second-order valence-electron chi connectivity index (χ2n) is 19.3. The number of carbonyl (C=O) groups is 2. The second kappa shape index (κ2) is 53.7. The number of aliphatic hydroxyl groups is 2. The Balaban J connectivity index is 3.52. The number of hydrogen-bond acceptors (Lipinski definition) is 5. The average molecular weight is 901 g/mol. The second-order valence-corrected chi connectivity index (χ2v) is 19.3. The molecule has 0 aliphatic rings. The van der Waals surface area contributed by atoms with Gasteiger partial charge in [-0.15, -0.1) is 0 Å². The van der Waals surface area contributed by atoms with Crippen molar-refractivity contribution in [3.05, 3.63) is 36.5 Å². The van der Waals surface area contributed by atoms with E-state index in [0.717, 1.165) is 70.6 Å². The molecular formula is C58H109NO5. The number of rotatable bonds is 52. The summed E-state index contributed by atoms with van der Waals surface area (Å²) in [5.74, 6) is -0.103. The van der Waals surface area contributed by atoms with Gasteiger partial charge in [-0.2, -0.15) is 0 Å². The van der Waals surface area contributed by atoms with Crippen LogP contribution in [0.1, 0.15) is 296 Å². The van der Waals surface area contributed by atoms with Gasteiger partial charge in [-0.25, -0.2) is 0 Å². The van der Waals surface area contributed by atoms with Crippen LogP contribution in [0, 0.1) is 0 Å². The summed E-state index contributed by atoms with van der Waals surface area (Å²) in [6.45, 7) is 4.86. The molecule has 0 saturated heterocycles. The van der Waals surface area contributed by atoms with Gasteiger partial charge in [0, 0.05) is 12.8 Å². The van der Waals surface area contributed by atoms with Crippen LogP contribution in [0.25, 0.3) is 0 Å². The molecule has 376 valence electrons. The normalized spacial score (nSPS) is 12.9. The molecule has 6 heteroatoms. The number of allylic oxidation sites excluding steroid dienone is 5. The Morgan fingerprint density at radius 1 is 0.422 bits per heavy atom. The molecule has 0 aromatic rings. The predicted molar refractivity (Wildman–Crippen MR) is 278 cm³/mol. The zero-order chi connectivity index (χ0) is 46.5. The Morgan fingerprint density at radius 3 is 1.12 bits per heavy atom. The molecule has 3 N–H and O–H groups in total. The van der Waals surface area contributed by atoms with Crippen molar-refractivity contribution in [1.29, 1.82) is 0 Å². The third-order valence-electron chi connectivity index (χ3n) is 12.9. The zero-order valence-corrected chi connectivity index (χ0v) is 42.8. The number of amides is 1. The topological polar surface area (TPSA) is 95.9 Å². The molecule has 6 nitrogen and oxygen atoms in total. The highest BCUT2D eigenvalue weighted by molar-refractivity contribution is 5.76. The van der Waals surface area contributed by atoms with Gasteiger partial charge in [0.2, 0.25) is 5.91 Å². The fraction of sp³-hybridized carbons (Fsp3) is 0.862. The summed E-state index contributed by atoms with van der Waals surface area (Å²) >= 11 is 0. The van der Waals surface area contributed by atoms with Crippen LogP contribution < -0.4 is 5.32 Å². The SMILES string of the molecule is CCCCCC/C=C\CCCCCCCC(=O)OCCCCCC/C=C\CCCCCCCCCC(=O)NC(CO)C(O)/C=C/CCCCCCCCCCCCCCCCCCC. The maximum Gasteiger partial charge on any atom is 0.305 e. The van der Waals surface area contributed by atoms with Crippen LogP contribution in [0.15, 0.2) is 36.5 Å². The van der Waals surface area contributed by atoms with E-state index >= 15 is 0 Å². The highest BCUT2D eigenvalue weighted by atomic mass is 16.5. The maximum atomic E-state index is 12.5. The van der Waals surface area contributed by atoms with Crippen molar-refractivity contribution in [2.75, 3.05) is 13.2 Å². The number of unbranched alkanes of at least 4 members (excludes halogenated alkanes) is 37. The fourth-order valence-electron chi connectivity index (χ4n) is 8.50. The fourth-order valence-corrected chi connectivity index (χ4v) is 8.50. The summed E-state index contributed by atoms with van der Waals surface area (Å²) in [6.07, 6.45) is 65.8. The monoisotopic (exact) mass is 900 g/mol. The van der Waals surface area contributed by atoms with Gasteiger partial charge in [0.25, 0.3) is 0 Å². The molecule has 0 saturated carbocycles. The van der Waals surface area contributed by atoms with Crippen molar-refractivity contribution in [3.63, 3.8) is 0 Å². The van der Waals surface area contributed by atoms with E-state index in [0.29, 0.717) is 19.4 Å². The van der Waals surface area contributed by atoms with Crippen molar-refractivity contribution >= 4 is 11.9 Å². The van der Waals surface area contributed by atoms with Gasteiger partial charge in [0.15, 0.2) is 0 Å². The maximum absolute atomic E-state index is 12.5. The summed E-state index contributed by atoms with van der Waals surface area (Å²) < 4.78 is 5.45. The van der Waals surface area contributed by atoms with Crippen molar-refractivity contribution in [3.8, 4) is 0 Å². The van der Waals surface area contributed by atoms with Crippen LogP contribution in [0.3, 0.4) is 0 Å². The third-order valence-corrected chi connectivity index (χ3v) is 12.9. The Morgan fingerprint density at radius 2 is 0.734 bits per heavy atom. The number of esters is 1. The molecule has 0 aromatic heterocycles. The van der Waals surface area contributed by atoms with Crippen LogP contribution in [-0.2, 0) is 14.3 Å². The highest BCUT2D eigenvalue weighted by Crippen LogP contribution is 2.16. The molecule has 64 heavy (non-hydrogen) atoms. The van der Waals surface area contributed by atoms with E-state index in [1.165, 1.54) is 199 Å². The molecule has 0 heterocycles. The minimum absolute atomic E-state index is 0.0206. The van der Waals surface area contributed by atoms with Gasteiger partial charge in [-0.1, -0.05) is 237 Å². The van der Waals surface area contributed by atoms with E-state index in [2.05, 4.69) is 43.5 Å². The summed E-state index contributed by atoms with van der Waals surface area (Å²) in [4.78, 5) is 24.5. The van der Waals surface area contributed by atoms with Crippen LogP contribution in [0.5, 0.6) is 0 Å². The summed E-state index contributed by atoms with van der Waals surface area (Å²) in [6, 6.07) is -0.640. The van der Waals surface area contributed by atoms with E-state index in [4.69, 9.17) is 4.74 Å². The quantitative estimate of drug-likeness (QED) is 0.0321. The van der Waals surface area contributed by atoms with Crippen LogP contribution in [0.4, 0.5) is 0 Å². The van der Waals surface area contributed by atoms with Gasteiger partial charge in [-0.05, 0) is 83.5 Å². The predicted octanol–water partition coefficient (Wildman–Crippen LogP) is 17.2. The molecular weight excluding hydrogens is 791 g/mol. The van der Waals surface area contributed by atoms with E-state index < -0.39 is 12.1 Å². The molecule has 0 bridgehead atoms. The molecule has 0 radical (unpaired) electrons. The summed E-state index contributed by atoms with van der Waals surface area (Å²) in [7, 11) is 0. The number of ether oxygens (including phenoxy) is 1. The van der Waals surface area contributed by atoms with Gasteiger partial charge < -0.3 is 20.3 Å². The Bertz CT molecular complexity index is 1040. The molecule has 0 aliphatic heterocycles. The van der Waals surface area contributed by atoms with Crippen LogP contribution >= 0.6 is 0 Å². The average Bonchev–Trinajstić information content (AvgIpc) is 3.29. The molecule has 0 aromatic carbocycles. The summed E-state index contributed by atoms with van der Waals surface area (Å²) in [5, 5.41) is 23.1.